The Kier molecular flexibility index (Phi) is 6.38. The summed E-state index contributed by atoms with van der Waals surface area (Å²) in [6.45, 7) is 0. The highest BCUT2D eigenvalue weighted by molar-refractivity contribution is 9.10. The van der Waals surface area contributed by atoms with Gasteiger partial charge in [0.05, 0.1) is 19.8 Å². The molecule has 2 N–H and O–H groups in total. The van der Waals surface area contributed by atoms with Crippen molar-refractivity contribution in [1.29, 1.82) is 0 Å². The maximum absolute atomic E-state index is 12.6. The molecule has 0 unspecified atom stereocenters. The molecule has 0 fully saturated rings. The predicted molar refractivity (Wildman–Crippen MR) is 130 cm³/mol. The zero-order chi connectivity index (χ0) is 22.7. The summed E-state index contributed by atoms with van der Waals surface area (Å²) in [7, 11) is 3.12. The number of fused-ring (bicyclic) bond motifs is 1. The number of carbonyl (C=O) groups excluding carboxylic acids is 1. The molecule has 7 nitrogen and oxygen atoms in total. The van der Waals surface area contributed by atoms with Gasteiger partial charge in [0, 0.05) is 15.7 Å². The van der Waals surface area contributed by atoms with Crippen LogP contribution in [0.1, 0.15) is 10.4 Å². The topological polar surface area (TPSA) is 85.6 Å². The van der Waals surface area contributed by atoms with Crippen LogP contribution in [0.4, 0.5) is 5.69 Å². The first kappa shape index (κ1) is 21.8. The van der Waals surface area contributed by atoms with Gasteiger partial charge in [0.2, 0.25) is 5.89 Å². The van der Waals surface area contributed by atoms with Gasteiger partial charge < -0.3 is 19.2 Å². The van der Waals surface area contributed by atoms with E-state index in [1.165, 1.54) is 7.11 Å². The third-order valence-corrected chi connectivity index (χ3v) is 5.31. The van der Waals surface area contributed by atoms with E-state index in [-0.39, 0.29) is 11.0 Å². The van der Waals surface area contributed by atoms with Crippen molar-refractivity contribution in [2.45, 2.75) is 0 Å². The van der Waals surface area contributed by atoms with E-state index in [1.807, 2.05) is 24.3 Å². The number of nitrogens with one attached hydrogen (secondary N) is 2. The van der Waals surface area contributed by atoms with Crippen molar-refractivity contribution in [3.8, 4) is 23.0 Å². The van der Waals surface area contributed by atoms with Crippen LogP contribution in [0, 0.1) is 0 Å². The second-order valence-electron chi connectivity index (χ2n) is 6.68. The van der Waals surface area contributed by atoms with Crippen molar-refractivity contribution in [2.24, 2.45) is 0 Å². The Hall–Kier alpha value is -3.43. The van der Waals surface area contributed by atoms with Gasteiger partial charge in [-0.05, 0) is 72.9 Å². The number of thiocarbonyl (C=S) groups is 1. The Morgan fingerprint density at radius 1 is 1.03 bits per heavy atom. The molecule has 0 saturated carbocycles. The minimum absolute atomic E-state index is 0.148. The molecule has 3 aromatic carbocycles. The fourth-order valence-electron chi connectivity index (χ4n) is 3.05. The smallest absolute Gasteiger partial charge is 0.261 e. The van der Waals surface area contributed by atoms with Crippen LogP contribution in [0.15, 0.2) is 69.6 Å². The molecule has 0 radical (unpaired) electrons. The lowest BCUT2D eigenvalue weighted by atomic mass is 10.2. The van der Waals surface area contributed by atoms with E-state index in [9.17, 15) is 4.79 Å². The minimum atomic E-state index is -0.384. The van der Waals surface area contributed by atoms with Crippen LogP contribution >= 0.6 is 28.1 Å². The van der Waals surface area contributed by atoms with E-state index in [0.717, 1.165) is 15.8 Å². The number of ether oxygens (including phenoxy) is 2. The average molecular weight is 512 g/mol. The lowest BCUT2D eigenvalue weighted by molar-refractivity contribution is 0.0974. The largest absolute Gasteiger partial charge is 0.497 e. The summed E-state index contributed by atoms with van der Waals surface area (Å²) >= 11 is 8.66. The zero-order valence-corrected chi connectivity index (χ0v) is 19.5. The molecular weight excluding hydrogens is 494 g/mol. The molecule has 0 bridgehead atoms. The Bertz CT molecular complexity index is 1300. The van der Waals surface area contributed by atoms with Gasteiger partial charge in [-0.3, -0.25) is 10.1 Å². The van der Waals surface area contributed by atoms with E-state index in [2.05, 4.69) is 31.5 Å². The molecule has 0 atom stereocenters. The lowest BCUT2D eigenvalue weighted by Crippen LogP contribution is -2.34. The molecule has 162 valence electrons. The molecule has 0 spiro atoms. The number of aromatic nitrogens is 1. The molecule has 4 rings (SSSR count). The molecule has 0 saturated heterocycles. The van der Waals surface area contributed by atoms with Crippen LogP contribution in [0.3, 0.4) is 0 Å². The van der Waals surface area contributed by atoms with Crippen molar-refractivity contribution in [1.82, 2.24) is 10.3 Å². The molecule has 0 aliphatic rings. The van der Waals surface area contributed by atoms with E-state index in [0.29, 0.717) is 34.0 Å². The first-order valence-corrected chi connectivity index (χ1v) is 10.7. The Balaban J connectivity index is 1.48. The fourth-order valence-corrected chi connectivity index (χ4v) is 3.62. The van der Waals surface area contributed by atoms with Gasteiger partial charge in [-0.25, -0.2) is 4.98 Å². The maximum Gasteiger partial charge on any atom is 0.261 e. The summed E-state index contributed by atoms with van der Waals surface area (Å²) in [5.74, 6) is 1.32. The van der Waals surface area contributed by atoms with Gasteiger partial charge in [0.25, 0.3) is 5.91 Å². The summed E-state index contributed by atoms with van der Waals surface area (Å²) < 4.78 is 17.0. The summed E-state index contributed by atoms with van der Waals surface area (Å²) in [4.78, 5) is 17.2. The van der Waals surface area contributed by atoms with Crippen LogP contribution in [0.25, 0.3) is 22.6 Å². The second-order valence-corrected chi connectivity index (χ2v) is 8.01. The first-order chi connectivity index (χ1) is 15.5. The molecule has 4 aromatic rings. The van der Waals surface area contributed by atoms with E-state index in [1.54, 1.807) is 43.5 Å². The highest BCUT2D eigenvalue weighted by atomic mass is 79.9. The summed E-state index contributed by atoms with van der Waals surface area (Å²) in [5.41, 5.74) is 3.15. The number of rotatable bonds is 5. The quantitative estimate of drug-likeness (QED) is 0.347. The maximum atomic E-state index is 12.6. The lowest BCUT2D eigenvalue weighted by Gasteiger charge is -2.12. The molecule has 1 amide bonds. The number of anilines is 1. The van der Waals surface area contributed by atoms with Gasteiger partial charge in [0.15, 0.2) is 10.7 Å². The normalized spacial score (nSPS) is 10.6. The molecule has 0 aliphatic heterocycles. The highest BCUT2D eigenvalue weighted by Gasteiger charge is 2.15. The average Bonchev–Trinajstić information content (AvgIpc) is 3.22. The SMILES string of the molecule is COc1ccc(-c2nc3cc(NC(=S)NC(=O)c4cc(Br)ccc4OC)ccc3o2)cc1. The van der Waals surface area contributed by atoms with Gasteiger partial charge >= 0.3 is 0 Å². The number of methoxy groups -OCH3 is 2. The van der Waals surface area contributed by atoms with E-state index < -0.39 is 0 Å². The number of benzene rings is 3. The van der Waals surface area contributed by atoms with Crippen molar-refractivity contribution < 1.29 is 18.7 Å². The summed E-state index contributed by atoms with van der Waals surface area (Å²) in [5, 5.41) is 5.81. The van der Waals surface area contributed by atoms with Crippen LogP contribution < -0.4 is 20.1 Å². The molecular formula is C23H18BrN3O4S. The molecule has 0 aliphatic carbocycles. The second kappa shape index (κ2) is 9.37. The molecule has 1 heterocycles. The van der Waals surface area contributed by atoms with E-state index >= 15 is 0 Å². The van der Waals surface area contributed by atoms with Crippen LogP contribution in [0.2, 0.25) is 0 Å². The van der Waals surface area contributed by atoms with Gasteiger partial charge in [0.1, 0.15) is 17.0 Å². The summed E-state index contributed by atoms with van der Waals surface area (Å²) in [6.07, 6.45) is 0. The minimum Gasteiger partial charge on any atom is -0.497 e. The van der Waals surface area contributed by atoms with E-state index in [4.69, 9.17) is 26.1 Å². The Morgan fingerprint density at radius 3 is 2.53 bits per heavy atom. The van der Waals surface area contributed by atoms with Gasteiger partial charge in [-0.1, -0.05) is 15.9 Å². The number of nitrogens with zero attached hydrogens (tertiary/aromatic N) is 1. The number of carbonyl (C=O) groups is 1. The number of halogens is 1. The Morgan fingerprint density at radius 2 is 1.81 bits per heavy atom. The third-order valence-electron chi connectivity index (χ3n) is 4.62. The predicted octanol–water partition coefficient (Wildman–Crippen LogP) is 5.40. The van der Waals surface area contributed by atoms with Crippen molar-refractivity contribution in [2.75, 3.05) is 19.5 Å². The summed E-state index contributed by atoms with van der Waals surface area (Å²) in [6, 6.07) is 18.0. The highest BCUT2D eigenvalue weighted by Crippen LogP contribution is 2.27. The molecule has 1 aromatic heterocycles. The van der Waals surface area contributed by atoms with Gasteiger partial charge in [-0.2, -0.15) is 0 Å². The fraction of sp³-hybridized carbons (Fsp3) is 0.0870. The Labute approximate surface area is 197 Å². The standard InChI is InChI=1S/C23H18BrN3O4S/c1-29-16-7-3-13(4-8-16)22-26-18-12-15(6-10-20(18)31-22)25-23(32)27-21(28)17-11-14(24)5-9-19(17)30-2/h3-12H,1-2H3,(H2,25,27,28,32). The zero-order valence-electron chi connectivity index (χ0n) is 17.1. The first-order valence-electron chi connectivity index (χ1n) is 9.47. The van der Waals surface area contributed by atoms with Gasteiger partial charge in [-0.15, -0.1) is 0 Å². The van der Waals surface area contributed by atoms with Crippen molar-refractivity contribution in [3.63, 3.8) is 0 Å². The van der Waals surface area contributed by atoms with Crippen LogP contribution in [0.5, 0.6) is 11.5 Å². The molecule has 9 heteroatoms. The number of hydrogen-bond acceptors (Lipinski definition) is 6. The third kappa shape index (κ3) is 4.74. The van der Waals surface area contributed by atoms with Crippen molar-refractivity contribution >= 4 is 56.0 Å². The number of amides is 1. The number of hydrogen-bond donors (Lipinski definition) is 2. The van der Waals surface area contributed by atoms with Crippen LogP contribution in [-0.4, -0.2) is 30.2 Å². The number of oxazole rings is 1. The molecule has 32 heavy (non-hydrogen) atoms. The monoisotopic (exact) mass is 511 g/mol. The van der Waals surface area contributed by atoms with Crippen LogP contribution in [-0.2, 0) is 0 Å². The van der Waals surface area contributed by atoms with Crippen molar-refractivity contribution in [3.05, 3.63) is 70.7 Å².